The van der Waals surface area contributed by atoms with Crippen LogP contribution in [-0.2, 0) is 24.2 Å². The number of fused-ring (bicyclic) bond motifs is 1. The van der Waals surface area contributed by atoms with Crippen LogP contribution in [0.3, 0.4) is 0 Å². The van der Waals surface area contributed by atoms with Crippen LogP contribution in [-0.4, -0.2) is 34.5 Å². The second kappa shape index (κ2) is 6.48. The molecule has 5 nitrogen and oxygen atoms in total. The van der Waals surface area contributed by atoms with Crippen molar-refractivity contribution in [3.63, 3.8) is 0 Å². The average molecular weight is 264 g/mol. The van der Waals surface area contributed by atoms with E-state index < -0.39 is 0 Å². The zero-order valence-corrected chi connectivity index (χ0v) is 11.6. The third-order valence-electron chi connectivity index (χ3n) is 3.91. The Morgan fingerprint density at radius 2 is 2.21 bits per heavy atom. The number of hydrogen-bond donors (Lipinski definition) is 1. The molecule has 0 atom stereocenters. The van der Waals surface area contributed by atoms with Gasteiger partial charge in [0.25, 0.3) is 0 Å². The summed E-state index contributed by atoms with van der Waals surface area (Å²) < 4.78 is 7.89. The van der Waals surface area contributed by atoms with E-state index in [1.807, 2.05) is 0 Å². The zero-order chi connectivity index (χ0) is 12.9. The number of aryl methyl sites for hydroxylation is 1. The van der Waals surface area contributed by atoms with Crippen molar-refractivity contribution in [3.8, 4) is 0 Å². The molecular weight excluding hydrogens is 240 g/mol. The Kier molecular flexibility index (Phi) is 4.45. The fourth-order valence-electron chi connectivity index (χ4n) is 2.53. The molecule has 1 aromatic rings. The Labute approximate surface area is 114 Å². The van der Waals surface area contributed by atoms with Crippen molar-refractivity contribution in [2.24, 2.45) is 5.92 Å². The summed E-state index contributed by atoms with van der Waals surface area (Å²) in [5.74, 6) is 3.12. The van der Waals surface area contributed by atoms with E-state index in [4.69, 9.17) is 4.74 Å². The van der Waals surface area contributed by atoms with Crippen LogP contribution < -0.4 is 5.32 Å². The normalized spacial score (nSPS) is 18.5. The SMILES string of the molecule is C(CNCc1nnc2n1CCCC2)COCC1CC1. The van der Waals surface area contributed by atoms with Gasteiger partial charge < -0.3 is 14.6 Å². The van der Waals surface area contributed by atoms with Crippen LogP contribution in [0, 0.1) is 5.92 Å². The monoisotopic (exact) mass is 264 g/mol. The molecule has 106 valence electrons. The molecule has 0 spiro atoms. The molecule has 1 N–H and O–H groups in total. The van der Waals surface area contributed by atoms with Gasteiger partial charge in [-0.3, -0.25) is 0 Å². The second-order valence-electron chi connectivity index (χ2n) is 5.69. The van der Waals surface area contributed by atoms with Crippen LogP contribution in [0.1, 0.15) is 43.8 Å². The van der Waals surface area contributed by atoms with Crippen molar-refractivity contribution < 1.29 is 4.74 Å². The van der Waals surface area contributed by atoms with Gasteiger partial charge in [-0.25, -0.2) is 0 Å². The maximum atomic E-state index is 5.61. The van der Waals surface area contributed by atoms with Crippen LogP contribution in [0.5, 0.6) is 0 Å². The zero-order valence-electron chi connectivity index (χ0n) is 11.6. The van der Waals surface area contributed by atoms with Gasteiger partial charge in [0.2, 0.25) is 0 Å². The highest BCUT2D eigenvalue weighted by Gasteiger charge is 2.20. The summed E-state index contributed by atoms with van der Waals surface area (Å²) in [5.41, 5.74) is 0. The third kappa shape index (κ3) is 3.76. The maximum Gasteiger partial charge on any atom is 0.147 e. The van der Waals surface area contributed by atoms with Gasteiger partial charge in [0, 0.05) is 26.2 Å². The molecule has 0 radical (unpaired) electrons. The molecule has 0 bridgehead atoms. The fraction of sp³-hybridized carbons (Fsp3) is 0.857. The first-order chi connectivity index (χ1) is 9.43. The van der Waals surface area contributed by atoms with Crippen LogP contribution in [0.4, 0.5) is 0 Å². The van der Waals surface area contributed by atoms with E-state index in [2.05, 4.69) is 20.1 Å². The molecule has 5 heteroatoms. The first-order valence-corrected chi connectivity index (χ1v) is 7.63. The molecule has 3 rings (SSSR count). The number of rotatable bonds is 8. The van der Waals surface area contributed by atoms with E-state index in [9.17, 15) is 0 Å². The van der Waals surface area contributed by atoms with Crippen LogP contribution >= 0.6 is 0 Å². The summed E-state index contributed by atoms with van der Waals surface area (Å²) >= 11 is 0. The first-order valence-electron chi connectivity index (χ1n) is 7.63. The number of ether oxygens (including phenoxy) is 1. The molecule has 1 aliphatic heterocycles. The minimum Gasteiger partial charge on any atom is -0.381 e. The van der Waals surface area contributed by atoms with E-state index in [-0.39, 0.29) is 0 Å². The molecule has 0 amide bonds. The molecule has 19 heavy (non-hydrogen) atoms. The van der Waals surface area contributed by atoms with Gasteiger partial charge in [-0.15, -0.1) is 10.2 Å². The lowest BCUT2D eigenvalue weighted by atomic mass is 10.2. The molecule has 2 aliphatic rings. The summed E-state index contributed by atoms with van der Waals surface area (Å²) in [6, 6.07) is 0. The number of nitrogens with zero attached hydrogens (tertiary/aromatic N) is 3. The highest BCUT2D eigenvalue weighted by atomic mass is 16.5. The molecule has 2 heterocycles. The lowest BCUT2D eigenvalue weighted by Gasteiger charge is -2.14. The summed E-state index contributed by atoms with van der Waals surface area (Å²) in [6.45, 7) is 4.76. The predicted molar refractivity (Wildman–Crippen MR) is 72.8 cm³/mol. The van der Waals surface area contributed by atoms with Crippen molar-refractivity contribution in [1.29, 1.82) is 0 Å². The highest BCUT2D eigenvalue weighted by molar-refractivity contribution is 4.98. The number of nitrogens with one attached hydrogen (secondary N) is 1. The van der Waals surface area contributed by atoms with Crippen molar-refractivity contribution in [1.82, 2.24) is 20.1 Å². The highest BCUT2D eigenvalue weighted by Crippen LogP contribution is 2.28. The molecule has 1 saturated carbocycles. The van der Waals surface area contributed by atoms with Crippen molar-refractivity contribution in [2.45, 2.75) is 51.6 Å². The largest absolute Gasteiger partial charge is 0.381 e. The Hall–Kier alpha value is -0.940. The second-order valence-corrected chi connectivity index (χ2v) is 5.69. The van der Waals surface area contributed by atoms with Gasteiger partial charge in [-0.1, -0.05) is 0 Å². The minimum absolute atomic E-state index is 0.829. The minimum atomic E-state index is 0.829. The van der Waals surface area contributed by atoms with Gasteiger partial charge in [-0.2, -0.15) is 0 Å². The standard InChI is InChI=1S/C14H24N4O/c1-2-8-18-13(4-1)16-17-14(18)10-15-7-3-9-19-11-12-5-6-12/h12,15H,1-11H2. The molecular formula is C14H24N4O. The molecule has 0 unspecified atom stereocenters. The first kappa shape index (κ1) is 13.1. The van der Waals surface area contributed by atoms with Crippen LogP contribution in [0.15, 0.2) is 0 Å². The third-order valence-corrected chi connectivity index (χ3v) is 3.91. The van der Waals surface area contributed by atoms with Gasteiger partial charge in [0.05, 0.1) is 6.54 Å². The summed E-state index contributed by atoms with van der Waals surface area (Å²) in [5, 5.41) is 12.0. The lowest BCUT2D eigenvalue weighted by Crippen LogP contribution is -2.21. The molecule has 0 saturated heterocycles. The van der Waals surface area contributed by atoms with Gasteiger partial charge in [0.1, 0.15) is 11.6 Å². The maximum absolute atomic E-state index is 5.61. The lowest BCUT2D eigenvalue weighted by molar-refractivity contribution is 0.122. The van der Waals surface area contributed by atoms with Crippen LogP contribution in [0.25, 0.3) is 0 Å². The molecule has 1 fully saturated rings. The summed E-state index contributed by atoms with van der Waals surface area (Å²) in [6.07, 6.45) is 7.42. The van der Waals surface area contributed by atoms with Crippen molar-refractivity contribution >= 4 is 0 Å². The summed E-state index contributed by atoms with van der Waals surface area (Å²) in [4.78, 5) is 0. The average Bonchev–Trinajstić information content (AvgIpc) is 3.18. The Bertz CT molecular complexity index is 400. The van der Waals surface area contributed by atoms with Crippen molar-refractivity contribution in [2.75, 3.05) is 19.8 Å². The smallest absolute Gasteiger partial charge is 0.147 e. The van der Waals surface area contributed by atoms with E-state index in [1.54, 1.807) is 0 Å². The van der Waals surface area contributed by atoms with E-state index in [0.717, 1.165) is 63.3 Å². The topological polar surface area (TPSA) is 52.0 Å². The summed E-state index contributed by atoms with van der Waals surface area (Å²) in [7, 11) is 0. The van der Waals surface area contributed by atoms with Gasteiger partial charge in [-0.05, 0) is 44.6 Å². The van der Waals surface area contributed by atoms with Gasteiger partial charge >= 0.3 is 0 Å². The molecule has 1 aromatic heterocycles. The Morgan fingerprint density at radius 1 is 1.26 bits per heavy atom. The van der Waals surface area contributed by atoms with E-state index >= 15 is 0 Å². The predicted octanol–water partition coefficient (Wildman–Crippen LogP) is 1.52. The Morgan fingerprint density at radius 3 is 3.11 bits per heavy atom. The molecule has 1 aliphatic carbocycles. The van der Waals surface area contributed by atoms with E-state index in [1.165, 1.54) is 25.7 Å². The van der Waals surface area contributed by atoms with Gasteiger partial charge in [0.15, 0.2) is 0 Å². The quantitative estimate of drug-likeness (QED) is 0.723. The van der Waals surface area contributed by atoms with Crippen LogP contribution in [0.2, 0.25) is 0 Å². The van der Waals surface area contributed by atoms with Crippen molar-refractivity contribution in [3.05, 3.63) is 11.6 Å². The molecule has 0 aromatic carbocycles. The van der Waals surface area contributed by atoms with E-state index in [0.29, 0.717) is 0 Å². The fourth-order valence-corrected chi connectivity index (χ4v) is 2.53. The Balaban J connectivity index is 1.30. The number of aromatic nitrogens is 3. The number of hydrogen-bond acceptors (Lipinski definition) is 4.